The van der Waals surface area contributed by atoms with Gasteiger partial charge in [0.05, 0.1) is 0 Å². The third-order valence-corrected chi connectivity index (χ3v) is 2.63. The molecule has 0 nitrogen and oxygen atoms in total. The van der Waals surface area contributed by atoms with E-state index in [9.17, 15) is 0 Å². The lowest BCUT2D eigenvalue weighted by Gasteiger charge is -2.05. The lowest BCUT2D eigenvalue weighted by Crippen LogP contribution is -1.92. The van der Waals surface area contributed by atoms with Gasteiger partial charge in [-0.15, -0.1) is 0 Å². The van der Waals surface area contributed by atoms with Crippen LogP contribution in [0, 0.1) is 12.0 Å². The van der Waals surface area contributed by atoms with Crippen LogP contribution in [0.25, 0.3) is 0 Å². The summed E-state index contributed by atoms with van der Waals surface area (Å²) in [6.45, 7) is 4.51. The molecule has 0 aliphatic rings. The summed E-state index contributed by atoms with van der Waals surface area (Å²) in [5, 5.41) is 0. The normalized spacial score (nSPS) is 10.7. The van der Waals surface area contributed by atoms with E-state index in [1.165, 1.54) is 16.5 Å². The van der Waals surface area contributed by atoms with Crippen LogP contribution in [0.15, 0.2) is 22.7 Å². The average molecular weight is 226 g/mol. The topological polar surface area (TPSA) is 0 Å². The largest absolute Gasteiger partial charge is 0.0628 e. The number of benzene rings is 1. The maximum absolute atomic E-state index is 3.52. The fourth-order valence-corrected chi connectivity index (χ4v) is 1.55. The molecular weight excluding hydrogens is 212 g/mol. The Kier molecular flexibility index (Phi) is 3.80. The van der Waals surface area contributed by atoms with Gasteiger partial charge in [0.15, 0.2) is 0 Å². The second kappa shape index (κ2) is 4.66. The second-order valence-corrected chi connectivity index (χ2v) is 4.30. The molecule has 65 valence electrons. The minimum atomic E-state index is 0.779. The highest BCUT2D eigenvalue weighted by atomic mass is 79.9. The third-order valence-electron chi connectivity index (χ3n) is 1.89. The van der Waals surface area contributed by atoms with Gasteiger partial charge in [-0.25, -0.2) is 0 Å². The smallest absolute Gasteiger partial charge is 0.0213 e. The van der Waals surface area contributed by atoms with Gasteiger partial charge in [0.2, 0.25) is 0 Å². The number of hydrogen-bond acceptors (Lipinski definition) is 0. The minimum Gasteiger partial charge on any atom is -0.0628 e. The highest BCUT2D eigenvalue weighted by Gasteiger charge is 1.99. The van der Waals surface area contributed by atoms with Crippen LogP contribution in [0.2, 0.25) is 0 Å². The minimum absolute atomic E-state index is 0.779. The highest BCUT2D eigenvalue weighted by molar-refractivity contribution is 9.10. The van der Waals surface area contributed by atoms with Crippen LogP contribution in [0.1, 0.15) is 25.8 Å². The van der Waals surface area contributed by atoms with E-state index in [0.717, 1.165) is 12.3 Å². The van der Waals surface area contributed by atoms with Gasteiger partial charge in [-0.3, -0.25) is 0 Å². The molecule has 0 atom stereocenters. The summed E-state index contributed by atoms with van der Waals surface area (Å²) in [6.07, 6.45) is 2.41. The number of halogens is 1. The zero-order chi connectivity index (χ0) is 8.97. The molecule has 1 aromatic carbocycles. The van der Waals surface area contributed by atoms with Crippen LogP contribution >= 0.6 is 15.9 Å². The van der Waals surface area contributed by atoms with Gasteiger partial charge in [0.25, 0.3) is 0 Å². The Bertz CT molecular complexity index is 241. The van der Waals surface area contributed by atoms with Gasteiger partial charge in [-0.1, -0.05) is 41.9 Å². The maximum Gasteiger partial charge on any atom is 0.0213 e. The molecule has 1 aromatic rings. The van der Waals surface area contributed by atoms with Gasteiger partial charge in [-0.05, 0) is 36.5 Å². The van der Waals surface area contributed by atoms with Gasteiger partial charge in [-0.2, -0.15) is 0 Å². The van der Waals surface area contributed by atoms with E-state index in [2.05, 4.69) is 41.9 Å². The maximum atomic E-state index is 3.52. The SMILES string of the molecule is CC(C)CCc1cc[c]cc1Br. The van der Waals surface area contributed by atoms with E-state index >= 15 is 0 Å². The van der Waals surface area contributed by atoms with Crippen molar-refractivity contribution < 1.29 is 0 Å². The molecule has 0 bridgehead atoms. The predicted molar refractivity (Wildman–Crippen MR) is 56.1 cm³/mol. The Morgan fingerprint density at radius 1 is 1.50 bits per heavy atom. The molecule has 12 heavy (non-hydrogen) atoms. The molecule has 0 unspecified atom stereocenters. The van der Waals surface area contributed by atoms with E-state index in [-0.39, 0.29) is 0 Å². The molecule has 0 spiro atoms. The van der Waals surface area contributed by atoms with Gasteiger partial charge in [0.1, 0.15) is 0 Å². The zero-order valence-corrected chi connectivity index (χ0v) is 9.19. The van der Waals surface area contributed by atoms with Gasteiger partial charge >= 0.3 is 0 Å². The summed E-state index contributed by atoms with van der Waals surface area (Å²) in [6, 6.07) is 9.13. The first kappa shape index (κ1) is 9.79. The lowest BCUT2D eigenvalue weighted by molar-refractivity contribution is 0.586. The third kappa shape index (κ3) is 2.98. The lowest BCUT2D eigenvalue weighted by atomic mass is 10.0. The van der Waals surface area contributed by atoms with Crippen LogP contribution in [-0.2, 0) is 6.42 Å². The summed E-state index contributed by atoms with van der Waals surface area (Å²) < 4.78 is 1.19. The molecule has 0 saturated carbocycles. The Morgan fingerprint density at radius 3 is 2.83 bits per heavy atom. The standard InChI is InChI=1S/C11H14Br/c1-9(2)7-8-10-5-3-4-6-11(10)12/h3,5-6,9H,7-8H2,1-2H3. The van der Waals surface area contributed by atoms with Crippen molar-refractivity contribution in [3.63, 3.8) is 0 Å². The van der Waals surface area contributed by atoms with Crippen molar-refractivity contribution in [3.8, 4) is 0 Å². The number of aryl methyl sites for hydroxylation is 1. The summed E-state index contributed by atoms with van der Waals surface area (Å²) in [4.78, 5) is 0. The number of rotatable bonds is 3. The fraction of sp³-hybridized carbons (Fsp3) is 0.455. The first-order valence-electron chi connectivity index (χ1n) is 4.34. The van der Waals surface area contributed by atoms with Crippen LogP contribution < -0.4 is 0 Å². The molecule has 0 fully saturated rings. The molecule has 0 heterocycles. The van der Waals surface area contributed by atoms with Crippen LogP contribution in [-0.4, -0.2) is 0 Å². The molecule has 0 aromatic heterocycles. The Morgan fingerprint density at radius 2 is 2.25 bits per heavy atom. The Balaban J connectivity index is 2.57. The van der Waals surface area contributed by atoms with Gasteiger partial charge < -0.3 is 0 Å². The quantitative estimate of drug-likeness (QED) is 0.734. The first-order valence-corrected chi connectivity index (χ1v) is 5.14. The van der Waals surface area contributed by atoms with Crippen molar-refractivity contribution in [2.24, 2.45) is 5.92 Å². The van der Waals surface area contributed by atoms with Crippen molar-refractivity contribution in [1.82, 2.24) is 0 Å². The van der Waals surface area contributed by atoms with Crippen molar-refractivity contribution >= 4 is 15.9 Å². The van der Waals surface area contributed by atoms with Gasteiger partial charge in [0, 0.05) is 4.47 Å². The molecule has 1 radical (unpaired) electrons. The van der Waals surface area contributed by atoms with Crippen molar-refractivity contribution in [3.05, 3.63) is 34.3 Å². The van der Waals surface area contributed by atoms with Crippen molar-refractivity contribution in [1.29, 1.82) is 0 Å². The van der Waals surface area contributed by atoms with Crippen molar-refractivity contribution in [2.45, 2.75) is 26.7 Å². The summed E-state index contributed by atoms with van der Waals surface area (Å²) in [5.41, 5.74) is 1.39. The van der Waals surface area contributed by atoms with Crippen molar-refractivity contribution in [2.75, 3.05) is 0 Å². The molecule has 1 rings (SSSR count). The van der Waals surface area contributed by atoms with E-state index < -0.39 is 0 Å². The summed E-state index contributed by atoms with van der Waals surface area (Å²) in [5.74, 6) is 0.779. The van der Waals surface area contributed by atoms with E-state index in [1.54, 1.807) is 0 Å². The molecule has 1 heteroatoms. The number of hydrogen-bond donors (Lipinski definition) is 0. The molecular formula is C11H14Br. The average Bonchev–Trinajstić information content (AvgIpc) is 2.03. The fourth-order valence-electron chi connectivity index (χ4n) is 1.09. The monoisotopic (exact) mass is 225 g/mol. The molecule has 0 aliphatic heterocycles. The summed E-state index contributed by atoms with van der Waals surface area (Å²) in [7, 11) is 0. The molecule has 0 aliphatic carbocycles. The Labute approximate surface area is 83.1 Å². The zero-order valence-electron chi connectivity index (χ0n) is 7.60. The van der Waals surface area contributed by atoms with Crippen LogP contribution in [0.5, 0.6) is 0 Å². The Hall–Kier alpha value is -0.300. The molecule has 0 saturated heterocycles. The van der Waals surface area contributed by atoms with Crippen LogP contribution in [0.4, 0.5) is 0 Å². The second-order valence-electron chi connectivity index (χ2n) is 3.45. The highest BCUT2D eigenvalue weighted by Crippen LogP contribution is 2.18. The van der Waals surface area contributed by atoms with E-state index in [0.29, 0.717) is 0 Å². The van der Waals surface area contributed by atoms with E-state index in [4.69, 9.17) is 0 Å². The first-order chi connectivity index (χ1) is 5.70. The predicted octanol–water partition coefficient (Wildman–Crippen LogP) is 3.84. The molecule has 0 N–H and O–H groups in total. The van der Waals surface area contributed by atoms with E-state index in [1.807, 2.05) is 12.1 Å². The summed E-state index contributed by atoms with van der Waals surface area (Å²) >= 11 is 3.52. The molecule has 0 amide bonds. The van der Waals surface area contributed by atoms with Crippen LogP contribution in [0.3, 0.4) is 0 Å².